The summed E-state index contributed by atoms with van der Waals surface area (Å²) in [5.74, 6) is 0.880. The molecule has 0 atom stereocenters. The second-order valence-corrected chi connectivity index (χ2v) is 8.65. The second kappa shape index (κ2) is 6.51. The van der Waals surface area contributed by atoms with E-state index in [2.05, 4.69) is 0 Å². The maximum Gasteiger partial charge on any atom is 0.225 e. The molecular formula is C17H23NO4S. The first-order valence-electron chi connectivity index (χ1n) is 8.19. The van der Waals surface area contributed by atoms with Gasteiger partial charge in [0, 0.05) is 19.0 Å². The maximum absolute atomic E-state index is 12.6. The number of hydrogen-bond donors (Lipinski definition) is 0. The summed E-state index contributed by atoms with van der Waals surface area (Å²) in [7, 11) is -1.83. The van der Waals surface area contributed by atoms with E-state index >= 15 is 0 Å². The molecule has 3 rings (SSSR count). The summed E-state index contributed by atoms with van der Waals surface area (Å²) in [6.45, 7) is 0.646. The van der Waals surface area contributed by atoms with Crippen LogP contribution in [0, 0.1) is 5.92 Å². The summed E-state index contributed by atoms with van der Waals surface area (Å²) < 4.78 is 30.2. The van der Waals surface area contributed by atoms with Crippen LogP contribution in [-0.2, 0) is 14.6 Å². The summed E-state index contributed by atoms with van der Waals surface area (Å²) in [5, 5.41) is -0.483. The Morgan fingerprint density at radius 1 is 1.09 bits per heavy atom. The maximum atomic E-state index is 12.6. The first-order valence-corrected chi connectivity index (χ1v) is 9.74. The molecule has 0 radical (unpaired) electrons. The summed E-state index contributed by atoms with van der Waals surface area (Å²) in [6.07, 6.45) is 5.32. The van der Waals surface area contributed by atoms with E-state index in [1.807, 2.05) is 0 Å². The van der Waals surface area contributed by atoms with E-state index in [4.69, 9.17) is 4.74 Å². The van der Waals surface area contributed by atoms with Crippen molar-refractivity contribution in [1.82, 2.24) is 4.90 Å². The van der Waals surface area contributed by atoms with Gasteiger partial charge in [0.1, 0.15) is 11.0 Å². The van der Waals surface area contributed by atoms with Gasteiger partial charge in [-0.2, -0.15) is 0 Å². The van der Waals surface area contributed by atoms with E-state index < -0.39 is 15.1 Å². The van der Waals surface area contributed by atoms with Crippen LogP contribution in [0.15, 0.2) is 29.2 Å². The van der Waals surface area contributed by atoms with Gasteiger partial charge in [-0.1, -0.05) is 19.3 Å². The van der Waals surface area contributed by atoms with Gasteiger partial charge in [-0.05, 0) is 37.1 Å². The average Bonchev–Trinajstić information content (AvgIpc) is 2.54. The van der Waals surface area contributed by atoms with Crippen molar-refractivity contribution >= 4 is 15.7 Å². The molecule has 6 heteroatoms. The third-order valence-corrected chi connectivity index (χ3v) is 7.05. The zero-order valence-electron chi connectivity index (χ0n) is 13.4. The highest BCUT2D eigenvalue weighted by Gasteiger charge is 2.42. The van der Waals surface area contributed by atoms with Gasteiger partial charge in [0.2, 0.25) is 5.91 Å². The van der Waals surface area contributed by atoms with Gasteiger partial charge in [-0.3, -0.25) is 4.79 Å². The van der Waals surface area contributed by atoms with Crippen LogP contribution >= 0.6 is 0 Å². The summed E-state index contributed by atoms with van der Waals surface area (Å²) in [4.78, 5) is 14.4. The molecule has 1 amide bonds. The number of methoxy groups -OCH3 is 1. The monoisotopic (exact) mass is 337 g/mol. The van der Waals surface area contributed by atoms with Crippen molar-refractivity contribution in [3.05, 3.63) is 24.3 Å². The molecule has 2 fully saturated rings. The minimum absolute atomic E-state index is 0.105. The molecule has 1 aliphatic heterocycles. The number of benzene rings is 1. The van der Waals surface area contributed by atoms with E-state index in [9.17, 15) is 13.2 Å². The van der Waals surface area contributed by atoms with E-state index in [-0.39, 0.29) is 11.8 Å². The molecule has 0 unspecified atom stereocenters. The number of likely N-dealkylation sites (tertiary alicyclic amines) is 1. The van der Waals surface area contributed by atoms with Crippen molar-refractivity contribution in [2.24, 2.45) is 5.92 Å². The molecule has 0 bridgehead atoms. The smallest absolute Gasteiger partial charge is 0.225 e. The molecule has 1 aliphatic carbocycles. The predicted molar refractivity (Wildman–Crippen MR) is 87.1 cm³/mol. The van der Waals surface area contributed by atoms with Gasteiger partial charge in [0.25, 0.3) is 0 Å². The SMILES string of the molecule is COc1ccc(S(=O)(=O)C2CN(C(=O)C3CCCCC3)C2)cc1. The normalized spacial score (nSPS) is 20.1. The molecule has 0 N–H and O–H groups in total. The van der Waals surface area contributed by atoms with Crippen LogP contribution in [0.2, 0.25) is 0 Å². The number of ether oxygens (including phenoxy) is 1. The quantitative estimate of drug-likeness (QED) is 0.845. The van der Waals surface area contributed by atoms with Gasteiger partial charge < -0.3 is 9.64 Å². The molecular weight excluding hydrogens is 314 g/mol. The highest BCUT2D eigenvalue weighted by Crippen LogP contribution is 2.30. The summed E-state index contributed by atoms with van der Waals surface area (Å²) >= 11 is 0. The second-order valence-electron chi connectivity index (χ2n) is 6.42. The lowest BCUT2D eigenvalue weighted by Gasteiger charge is -2.41. The van der Waals surface area contributed by atoms with Crippen LogP contribution in [0.25, 0.3) is 0 Å². The average molecular weight is 337 g/mol. The lowest BCUT2D eigenvalue weighted by molar-refractivity contribution is -0.139. The highest BCUT2D eigenvalue weighted by molar-refractivity contribution is 7.92. The topological polar surface area (TPSA) is 63.7 Å². The van der Waals surface area contributed by atoms with Crippen molar-refractivity contribution in [2.45, 2.75) is 42.2 Å². The Kier molecular flexibility index (Phi) is 4.62. The van der Waals surface area contributed by atoms with Crippen molar-refractivity contribution in [3.63, 3.8) is 0 Å². The van der Waals surface area contributed by atoms with Gasteiger partial charge in [0.05, 0.1) is 12.0 Å². The Bertz CT molecular complexity index is 656. The van der Waals surface area contributed by atoms with Gasteiger partial charge in [0.15, 0.2) is 9.84 Å². The Morgan fingerprint density at radius 2 is 1.70 bits per heavy atom. The number of hydrogen-bond acceptors (Lipinski definition) is 4. The molecule has 1 saturated heterocycles. The molecule has 2 aliphatic rings. The Hall–Kier alpha value is -1.56. The standard InChI is InChI=1S/C17H23NO4S/c1-22-14-7-9-15(10-8-14)23(20,21)16-11-18(12-16)17(19)13-5-3-2-4-6-13/h7-10,13,16H,2-6,11-12H2,1H3. The number of carbonyl (C=O) groups is 1. The van der Waals surface area contributed by atoms with Crippen LogP contribution in [0.3, 0.4) is 0 Å². The van der Waals surface area contributed by atoms with Crippen LogP contribution in [0.1, 0.15) is 32.1 Å². The van der Waals surface area contributed by atoms with E-state index in [0.717, 1.165) is 25.7 Å². The number of rotatable bonds is 4. The fourth-order valence-electron chi connectivity index (χ4n) is 3.38. The Labute approximate surface area is 137 Å². The van der Waals surface area contributed by atoms with Crippen molar-refractivity contribution in [1.29, 1.82) is 0 Å². The van der Waals surface area contributed by atoms with Gasteiger partial charge in [-0.25, -0.2) is 8.42 Å². The highest BCUT2D eigenvalue weighted by atomic mass is 32.2. The third kappa shape index (κ3) is 3.22. The van der Waals surface area contributed by atoms with Gasteiger partial charge in [-0.15, -0.1) is 0 Å². The minimum Gasteiger partial charge on any atom is -0.497 e. The van der Waals surface area contributed by atoms with Crippen molar-refractivity contribution in [3.8, 4) is 5.75 Å². The van der Waals surface area contributed by atoms with E-state index in [0.29, 0.717) is 23.7 Å². The first-order chi connectivity index (χ1) is 11.0. The van der Waals surface area contributed by atoms with E-state index in [1.165, 1.54) is 6.42 Å². The minimum atomic E-state index is -3.37. The van der Waals surface area contributed by atoms with Gasteiger partial charge >= 0.3 is 0 Å². The fraction of sp³-hybridized carbons (Fsp3) is 0.588. The van der Waals surface area contributed by atoms with Crippen molar-refractivity contribution in [2.75, 3.05) is 20.2 Å². The molecule has 1 aromatic rings. The van der Waals surface area contributed by atoms with E-state index in [1.54, 1.807) is 36.3 Å². The summed E-state index contributed by atoms with van der Waals surface area (Å²) in [6, 6.07) is 6.44. The number of nitrogens with zero attached hydrogens (tertiary/aromatic N) is 1. The molecule has 1 aromatic carbocycles. The molecule has 0 aromatic heterocycles. The predicted octanol–water partition coefficient (Wildman–Crippen LogP) is 2.26. The molecule has 0 spiro atoms. The van der Waals surface area contributed by atoms with Crippen molar-refractivity contribution < 1.29 is 17.9 Å². The first kappa shape index (κ1) is 16.3. The van der Waals surface area contributed by atoms with Crippen LogP contribution in [-0.4, -0.2) is 44.7 Å². The zero-order valence-corrected chi connectivity index (χ0v) is 14.2. The Morgan fingerprint density at radius 3 is 2.26 bits per heavy atom. The number of amides is 1. The zero-order chi connectivity index (χ0) is 16.4. The number of sulfone groups is 1. The third-order valence-electron chi connectivity index (χ3n) is 4.94. The lowest BCUT2D eigenvalue weighted by Crippen LogP contribution is -2.58. The fourth-order valence-corrected chi connectivity index (χ4v) is 5.03. The lowest BCUT2D eigenvalue weighted by atomic mass is 9.87. The largest absolute Gasteiger partial charge is 0.497 e. The molecule has 126 valence electrons. The number of carbonyl (C=O) groups excluding carboxylic acids is 1. The Balaban J connectivity index is 1.62. The molecule has 1 saturated carbocycles. The summed E-state index contributed by atoms with van der Waals surface area (Å²) in [5.41, 5.74) is 0. The van der Waals surface area contributed by atoms with Crippen LogP contribution in [0.5, 0.6) is 5.75 Å². The molecule has 23 heavy (non-hydrogen) atoms. The molecule has 1 heterocycles. The van der Waals surface area contributed by atoms with Crippen LogP contribution < -0.4 is 4.74 Å². The molecule has 5 nitrogen and oxygen atoms in total. The van der Waals surface area contributed by atoms with Crippen LogP contribution in [0.4, 0.5) is 0 Å².